The highest BCUT2D eigenvalue weighted by molar-refractivity contribution is 7.92. The van der Waals surface area contributed by atoms with Gasteiger partial charge in [0.25, 0.3) is 15.9 Å². The fourth-order valence-corrected chi connectivity index (χ4v) is 6.59. The Morgan fingerprint density at radius 1 is 1.07 bits per heavy atom. The van der Waals surface area contributed by atoms with Crippen LogP contribution in [-0.4, -0.2) is 20.4 Å². The van der Waals surface area contributed by atoms with Crippen LogP contribution in [0.3, 0.4) is 0 Å². The number of hydrogen-bond acceptors (Lipinski definition) is 3. The smallest absolute Gasteiger partial charge is 0.263 e. The molecule has 160 valence electrons. The zero-order valence-electron chi connectivity index (χ0n) is 16.6. The highest BCUT2D eigenvalue weighted by atomic mass is 35.5. The monoisotopic (exact) mass is 466 g/mol. The first-order valence-electron chi connectivity index (χ1n) is 10.1. The molecule has 0 aromatic heterocycles. The predicted molar refractivity (Wildman–Crippen MR) is 120 cm³/mol. The fourth-order valence-electron chi connectivity index (χ4n) is 4.88. The normalized spacial score (nSPS) is 23.9. The number of carbonyl (C=O) groups excluding carboxylic acids is 1. The van der Waals surface area contributed by atoms with Gasteiger partial charge >= 0.3 is 0 Å². The van der Waals surface area contributed by atoms with Crippen molar-refractivity contribution in [3.8, 4) is 0 Å². The summed E-state index contributed by atoms with van der Waals surface area (Å²) in [6.07, 6.45) is 4.98. The Bertz CT molecular complexity index is 1060. The SMILES string of the molecule is C[C@H](NC(=O)c1ccc(Cl)c(S(=O)(=O)Nc2ccc(Cl)cc2)c1)[C@H]1C[C@@H]2CC[C@H]1C2. The second kappa shape index (κ2) is 8.40. The molecule has 2 bridgehead atoms. The molecule has 0 saturated heterocycles. The van der Waals surface area contributed by atoms with Crippen molar-refractivity contribution in [3.05, 3.63) is 58.1 Å². The van der Waals surface area contributed by atoms with Gasteiger partial charge in [-0.15, -0.1) is 0 Å². The van der Waals surface area contributed by atoms with E-state index in [-0.39, 0.29) is 27.4 Å². The molecular weight excluding hydrogens is 443 g/mol. The molecule has 0 heterocycles. The van der Waals surface area contributed by atoms with E-state index in [0.717, 1.165) is 12.3 Å². The summed E-state index contributed by atoms with van der Waals surface area (Å²) in [5, 5.41) is 3.61. The van der Waals surface area contributed by atoms with Crippen LogP contribution in [0.1, 0.15) is 43.0 Å². The summed E-state index contributed by atoms with van der Waals surface area (Å²) in [7, 11) is -3.97. The maximum absolute atomic E-state index is 12.8. The number of sulfonamides is 1. The summed E-state index contributed by atoms with van der Waals surface area (Å²) < 4.78 is 28.1. The van der Waals surface area contributed by atoms with Crippen molar-refractivity contribution in [2.75, 3.05) is 4.72 Å². The molecule has 0 spiro atoms. The van der Waals surface area contributed by atoms with Gasteiger partial charge in [-0.05, 0) is 86.4 Å². The minimum atomic E-state index is -3.97. The first-order chi connectivity index (χ1) is 14.2. The van der Waals surface area contributed by atoms with Crippen LogP contribution in [0.15, 0.2) is 47.4 Å². The van der Waals surface area contributed by atoms with Crippen molar-refractivity contribution in [1.29, 1.82) is 0 Å². The lowest BCUT2D eigenvalue weighted by Crippen LogP contribution is -2.40. The van der Waals surface area contributed by atoms with E-state index in [1.807, 2.05) is 6.92 Å². The lowest BCUT2D eigenvalue weighted by atomic mass is 9.84. The summed E-state index contributed by atoms with van der Waals surface area (Å²) in [6.45, 7) is 2.04. The van der Waals surface area contributed by atoms with Gasteiger partial charge in [-0.1, -0.05) is 29.6 Å². The number of hydrogen-bond donors (Lipinski definition) is 2. The van der Waals surface area contributed by atoms with E-state index in [2.05, 4.69) is 10.0 Å². The van der Waals surface area contributed by atoms with Crippen molar-refractivity contribution >= 4 is 44.8 Å². The van der Waals surface area contributed by atoms with Gasteiger partial charge in [0.05, 0.1) is 5.02 Å². The van der Waals surface area contributed by atoms with Crippen LogP contribution in [0.4, 0.5) is 5.69 Å². The molecule has 4 rings (SSSR count). The zero-order valence-corrected chi connectivity index (χ0v) is 18.9. The van der Waals surface area contributed by atoms with Gasteiger partial charge in [-0.2, -0.15) is 0 Å². The van der Waals surface area contributed by atoms with E-state index in [9.17, 15) is 13.2 Å². The van der Waals surface area contributed by atoms with Crippen LogP contribution in [0.5, 0.6) is 0 Å². The minimum Gasteiger partial charge on any atom is -0.349 e. The van der Waals surface area contributed by atoms with Crippen LogP contribution in [0, 0.1) is 17.8 Å². The van der Waals surface area contributed by atoms with Crippen LogP contribution in [-0.2, 0) is 10.0 Å². The summed E-state index contributed by atoms with van der Waals surface area (Å²) in [5.41, 5.74) is 0.626. The molecule has 2 aromatic rings. The zero-order chi connectivity index (χ0) is 21.5. The summed E-state index contributed by atoms with van der Waals surface area (Å²) >= 11 is 12.0. The molecule has 2 saturated carbocycles. The molecule has 2 fully saturated rings. The molecule has 0 unspecified atom stereocenters. The molecule has 30 heavy (non-hydrogen) atoms. The Kier molecular flexibility index (Phi) is 6.02. The Balaban J connectivity index is 1.50. The van der Waals surface area contributed by atoms with E-state index in [1.54, 1.807) is 30.3 Å². The van der Waals surface area contributed by atoms with Gasteiger partial charge in [-0.25, -0.2) is 8.42 Å². The van der Waals surface area contributed by atoms with Crippen molar-refractivity contribution in [3.63, 3.8) is 0 Å². The molecule has 2 N–H and O–H groups in total. The van der Waals surface area contributed by atoms with E-state index in [0.29, 0.717) is 22.5 Å². The second-order valence-electron chi connectivity index (χ2n) is 8.36. The Labute approximate surface area is 187 Å². The topological polar surface area (TPSA) is 75.3 Å². The lowest BCUT2D eigenvalue weighted by Gasteiger charge is -2.28. The third-order valence-electron chi connectivity index (χ3n) is 6.37. The minimum absolute atomic E-state index is 0.0502. The number of rotatable bonds is 6. The predicted octanol–water partition coefficient (Wildman–Crippen LogP) is 5.35. The van der Waals surface area contributed by atoms with E-state index < -0.39 is 10.0 Å². The molecule has 4 atom stereocenters. The number of carbonyl (C=O) groups is 1. The van der Waals surface area contributed by atoms with Gasteiger partial charge in [0.2, 0.25) is 0 Å². The second-order valence-corrected chi connectivity index (χ2v) is 10.9. The first kappa shape index (κ1) is 21.5. The van der Waals surface area contributed by atoms with Crippen LogP contribution in [0.25, 0.3) is 0 Å². The molecule has 5 nitrogen and oxygen atoms in total. The van der Waals surface area contributed by atoms with Gasteiger partial charge in [-0.3, -0.25) is 9.52 Å². The Hall–Kier alpha value is -1.76. The highest BCUT2D eigenvalue weighted by Gasteiger charge is 2.42. The van der Waals surface area contributed by atoms with Crippen molar-refractivity contribution in [2.45, 2.75) is 43.5 Å². The van der Waals surface area contributed by atoms with E-state index >= 15 is 0 Å². The van der Waals surface area contributed by atoms with Crippen LogP contribution >= 0.6 is 23.2 Å². The molecule has 0 radical (unpaired) electrons. The largest absolute Gasteiger partial charge is 0.349 e. The van der Waals surface area contributed by atoms with Crippen molar-refractivity contribution < 1.29 is 13.2 Å². The summed E-state index contributed by atoms with van der Waals surface area (Å²) in [6, 6.07) is 10.6. The van der Waals surface area contributed by atoms with Gasteiger partial charge in [0, 0.05) is 22.3 Å². The highest BCUT2D eigenvalue weighted by Crippen LogP contribution is 2.49. The molecule has 2 aliphatic rings. The van der Waals surface area contributed by atoms with Gasteiger partial charge < -0.3 is 5.32 Å². The Morgan fingerprint density at radius 2 is 1.80 bits per heavy atom. The summed E-state index contributed by atoms with van der Waals surface area (Å²) in [5.74, 6) is 1.69. The molecule has 2 aliphatic carbocycles. The molecular formula is C22H24Cl2N2O3S. The van der Waals surface area contributed by atoms with Gasteiger partial charge in [0.1, 0.15) is 4.90 Å². The standard InChI is InChI=1S/C22H24Cl2N2O3S/c1-13(19-11-14-2-3-15(19)10-14)25-22(27)16-4-9-20(24)21(12-16)30(28,29)26-18-7-5-17(23)6-8-18/h4-9,12-15,19,26H,2-3,10-11H2,1H3,(H,25,27)/t13-,14+,15-,19+/m0/s1. The molecule has 1 amide bonds. The third kappa shape index (κ3) is 4.46. The van der Waals surface area contributed by atoms with Crippen molar-refractivity contribution in [2.24, 2.45) is 17.8 Å². The summed E-state index contributed by atoms with van der Waals surface area (Å²) in [4.78, 5) is 12.7. The number of benzene rings is 2. The quantitative estimate of drug-likeness (QED) is 0.602. The Morgan fingerprint density at radius 3 is 2.43 bits per heavy atom. The third-order valence-corrected chi connectivity index (χ3v) is 8.49. The van der Waals surface area contributed by atoms with Crippen LogP contribution in [0.2, 0.25) is 10.0 Å². The number of nitrogens with one attached hydrogen (secondary N) is 2. The molecule has 8 heteroatoms. The van der Waals surface area contributed by atoms with Crippen molar-refractivity contribution in [1.82, 2.24) is 5.32 Å². The average Bonchev–Trinajstić information content (AvgIpc) is 3.33. The maximum atomic E-state index is 12.8. The van der Waals surface area contributed by atoms with E-state index in [1.165, 1.54) is 31.4 Å². The molecule has 2 aromatic carbocycles. The molecule has 0 aliphatic heterocycles. The number of halogens is 2. The lowest BCUT2D eigenvalue weighted by molar-refractivity contribution is 0.0915. The van der Waals surface area contributed by atoms with Crippen LogP contribution < -0.4 is 10.0 Å². The number of anilines is 1. The number of fused-ring (bicyclic) bond motifs is 2. The van der Waals surface area contributed by atoms with Gasteiger partial charge in [0.15, 0.2) is 0 Å². The maximum Gasteiger partial charge on any atom is 0.263 e. The number of amides is 1. The average molecular weight is 467 g/mol. The first-order valence-corrected chi connectivity index (χ1v) is 12.4. The fraction of sp³-hybridized carbons (Fsp3) is 0.409. The van der Waals surface area contributed by atoms with E-state index in [4.69, 9.17) is 23.2 Å².